The lowest BCUT2D eigenvalue weighted by molar-refractivity contribution is -0.137. The van der Waals surface area contributed by atoms with Crippen molar-refractivity contribution in [2.24, 2.45) is 0 Å². The minimum Gasteiger partial charge on any atom is -0.379 e. The Hall–Kier alpha value is -0.870. The van der Waals surface area contributed by atoms with E-state index in [1.807, 2.05) is 4.90 Å². The van der Waals surface area contributed by atoms with Crippen LogP contribution in [0.4, 0.5) is 13.2 Å². The van der Waals surface area contributed by atoms with E-state index in [-0.39, 0.29) is 6.54 Å². The Kier molecular flexibility index (Phi) is 5.90. The van der Waals surface area contributed by atoms with E-state index in [2.05, 4.69) is 4.72 Å². The highest BCUT2D eigenvalue weighted by Gasteiger charge is 2.34. The van der Waals surface area contributed by atoms with Crippen LogP contribution in [0.3, 0.4) is 0 Å². The lowest BCUT2D eigenvalue weighted by Gasteiger charge is -2.26. The molecule has 5 nitrogen and oxygen atoms in total. The molecule has 0 spiro atoms. The van der Waals surface area contributed by atoms with Gasteiger partial charge in [0.25, 0.3) is 0 Å². The number of sulfonamides is 1. The average Bonchev–Trinajstić information content (AvgIpc) is 2.47. The zero-order valence-corrected chi connectivity index (χ0v) is 13.6. The molecule has 0 unspecified atom stereocenters. The zero-order valence-electron chi connectivity index (χ0n) is 12.1. The Morgan fingerprint density at radius 1 is 1.26 bits per heavy atom. The highest BCUT2D eigenvalue weighted by Crippen LogP contribution is 2.35. The molecular formula is C13H16ClF3N2O3S. The first kappa shape index (κ1) is 18.5. The molecule has 1 aliphatic heterocycles. The third-order valence-corrected chi connectivity index (χ3v) is 5.17. The zero-order chi connectivity index (χ0) is 17.1. The second-order valence-corrected chi connectivity index (χ2v) is 7.17. The van der Waals surface area contributed by atoms with Crippen LogP contribution < -0.4 is 4.72 Å². The monoisotopic (exact) mass is 372 g/mol. The van der Waals surface area contributed by atoms with Crippen LogP contribution >= 0.6 is 11.6 Å². The number of halogens is 4. The SMILES string of the molecule is O=S(=O)(NCCN1CCOCC1)c1ccc(Cl)c(C(F)(F)F)c1. The van der Waals surface area contributed by atoms with Gasteiger partial charge >= 0.3 is 6.18 Å². The van der Waals surface area contributed by atoms with Crippen molar-refractivity contribution in [3.8, 4) is 0 Å². The molecule has 1 heterocycles. The number of nitrogens with zero attached hydrogens (tertiary/aromatic N) is 1. The van der Waals surface area contributed by atoms with E-state index in [1.165, 1.54) is 0 Å². The molecule has 10 heteroatoms. The van der Waals surface area contributed by atoms with E-state index in [0.717, 1.165) is 12.1 Å². The summed E-state index contributed by atoms with van der Waals surface area (Å²) in [5.74, 6) is 0. The van der Waals surface area contributed by atoms with E-state index >= 15 is 0 Å². The molecule has 1 fully saturated rings. The Bertz CT molecular complexity index is 646. The average molecular weight is 373 g/mol. The van der Waals surface area contributed by atoms with Crippen molar-refractivity contribution in [2.75, 3.05) is 39.4 Å². The number of morpholine rings is 1. The summed E-state index contributed by atoms with van der Waals surface area (Å²) in [6, 6.07) is 2.52. The first-order chi connectivity index (χ1) is 10.7. The quantitative estimate of drug-likeness (QED) is 0.858. The van der Waals surface area contributed by atoms with Gasteiger partial charge in [0.1, 0.15) is 0 Å². The summed E-state index contributed by atoms with van der Waals surface area (Å²) >= 11 is 5.48. The predicted molar refractivity (Wildman–Crippen MR) is 78.9 cm³/mol. The van der Waals surface area contributed by atoms with Gasteiger partial charge in [-0.1, -0.05) is 11.6 Å². The second-order valence-electron chi connectivity index (χ2n) is 4.99. The fourth-order valence-electron chi connectivity index (χ4n) is 2.14. The predicted octanol–water partition coefficient (Wildman–Crippen LogP) is 1.97. The number of rotatable bonds is 5. The van der Waals surface area contributed by atoms with Crippen molar-refractivity contribution in [3.63, 3.8) is 0 Å². The van der Waals surface area contributed by atoms with E-state index in [0.29, 0.717) is 38.9 Å². The summed E-state index contributed by atoms with van der Waals surface area (Å²) in [4.78, 5) is 1.55. The maximum absolute atomic E-state index is 12.8. The Balaban J connectivity index is 2.04. The van der Waals surface area contributed by atoms with Gasteiger partial charge in [0.2, 0.25) is 10.0 Å². The summed E-state index contributed by atoms with van der Waals surface area (Å²) in [6.07, 6.45) is -4.71. The van der Waals surface area contributed by atoms with Crippen LogP contribution in [-0.2, 0) is 20.9 Å². The molecule has 1 aliphatic rings. The molecule has 0 amide bonds. The molecular weight excluding hydrogens is 357 g/mol. The first-order valence-corrected chi connectivity index (χ1v) is 8.73. The summed E-state index contributed by atoms with van der Waals surface area (Å²) < 4.78 is 70.1. The number of benzene rings is 1. The third-order valence-electron chi connectivity index (χ3n) is 3.38. The number of nitrogens with one attached hydrogen (secondary N) is 1. The van der Waals surface area contributed by atoms with Crippen molar-refractivity contribution < 1.29 is 26.3 Å². The van der Waals surface area contributed by atoms with E-state index in [9.17, 15) is 21.6 Å². The van der Waals surface area contributed by atoms with E-state index < -0.39 is 31.7 Å². The topological polar surface area (TPSA) is 58.6 Å². The molecule has 1 saturated heterocycles. The molecule has 1 aromatic carbocycles. The summed E-state index contributed by atoms with van der Waals surface area (Å²) in [5.41, 5.74) is -1.17. The van der Waals surface area contributed by atoms with Crippen LogP contribution in [0.1, 0.15) is 5.56 Å². The van der Waals surface area contributed by atoms with Crippen LogP contribution in [0.5, 0.6) is 0 Å². The van der Waals surface area contributed by atoms with Crippen LogP contribution in [0, 0.1) is 0 Å². The smallest absolute Gasteiger partial charge is 0.379 e. The molecule has 1 N–H and O–H groups in total. The van der Waals surface area contributed by atoms with Crippen molar-refractivity contribution in [2.45, 2.75) is 11.1 Å². The lowest BCUT2D eigenvalue weighted by atomic mass is 10.2. The van der Waals surface area contributed by atoms with Crippen LogP contribution in [0.2, 0.25) is 5.02 Å². The van der Waals surface area contributed by atoms with E-state index in [1.54, 1.807) is 0 Å². The van der Waals surface area contributed by atoms with Crippen molar-refractivity contribution in [3.05, 3.63) is 28.8 Å². The molecule has 23 heavy (non-hydrogen) atoms. The highest BCUT2D eigenvalue weighted by atomic mass is 35.5. The van der Waals surface area contributed by atoms with Gasteiger partial charge in [0.15, 0.2) is 0 Å². The van der Waals surface area contributed by atoms with Gasteiger partial charge in [-0.3, -0.25) is 4.90 Å². The maximum Gasteiger partial charge on any atom is 0.417 e. The first-order valence-electron chi connectivity index (χ1n) is 6.87. The number of alkyl halides is 3. The lowest BCUT2D eigenvalue weighted by Crippen LogP contribution is -2.41. The molecule has 130 valence electrons. The van der Waals surface area contributed by atoms with Gasteiger partial charge in [0.05, 0.1) is 28.7 Å². The van der Waals surface area contributed by atoms with Gasteiger partial charge in [-0.2, -0.15) is 13.2 Å². The summed E-state index contributed by atoms with van der Waals surface area (Å²) in [7, 11) is -4.03. The van der Waals surface area contributed by atoms with Crippen LogP contribution in [-0.4, -0.2) is 52.7 Å². The van der Waals surface area contributed by atoms with Crippen molar-refractivity contribution >= 4 is 21.6 Å². The largest absolute Gasteiger partial charge is 0.417 e. The van der Waals surface area contributed by atoms with Crippen LogP contribution in [0.15, 0.2) is 23.1 Å². The minimum absolute atomic E-state index is 0.103. The second kappa shape index (κ2) is 7.35. The number of hydrogen-bond acceptors (Lipinski definition) is 4. The molecule has 0 bridgehead atoms. The fourth-order valence-corrected chi connectivity index (χ4v) is 3.41. The molecule has 2 rings (SSSR count). The van der Waals surface area contributed by atoms with Gasteiger partial charge < -0.3 is 4.74 Å². The number of ether oxygens (including phenoxy) is 1. The van der Waals surface area contributed by atoms with Crippen LogP contribution in [0.25, 0.3) is 0 Å². The normalized spacial score (nSPS) is 17.4. The maximum atomic E-state index is 12.8. The third kappa shape index (κ3) is 5.05. The van der Waals surface area contributed by atoms with Gasteiger partial charge in [-0.15, -0.1) is 0 Å². The summed E-state index contributed by atoms with van der Waals surface area (Å²) in [6.45, 7) is 3.12. The standard InChI is InChI=1S/C13H16ClF3N2O3S/c14-12-2-1-10(9-11(12)13(15,16)17)23(20,21)18-3-4-19-5-7-22-8-6-19/h1-2,9,18H,3-8H2. The number of hydrogen-bond donors (Lipinski definition) is 1. The molecule has 0 radical (unpaired) electrons. The Morgan fingerprint density at radius 2 is 1.91 bits per heavy atom. The molecule has 0 aliphatic carbocycles. The van der Waals surface area contributed by atoms with Crippen molar-refractivity contribution in [1.82, 2.24) is 9.62 Å². The molecule has 1 aromatic rings. The minimum atomic E-state index is -4.71. The van der Waals surface area contributed by atoms with Crippen molar-refractivity contribution in [1.29, 1.82) is 0 Å². The van der Waals surface area contributed by atoms with E-state index in [4.69, 9.17) is 16.3 Å². The van der Waals surface area contributed by atoms with Gasteiger partial charge in [-0.05, 0) is 18.2 Å². The molecule has 0 atom stereocenters. The molecule has 0 aromatic heterocycles. The molecule has 0 saturated carbocycles. The Labute approximate surface area is 137 Å². The summed E-state index contributed by atoms with van der Waals surface area (Å²) in [5, 5.41) is -0.537. The Morgan fingerprint density at radius 3 is 2.52 bits per heavy atom. The highest BCUT2D eigenvalue weighted by molar-refractivity contribution is 7.89. The van der Waals surface area contributed by atoms with Gasteiger partial charge in [0, 0.05) is 26.2 Å². The fraction of sp³-hybridized carbons (Fsp3) is 0.538. The van der Waals surface area contributed by atoms with Gasteiger partial charge in [-0.25, -0.2) is 13.1 Å².